The van der Waals surface area contributed by atoms with Crippen LogP contribution in [-0.2, 0) is 21.6 Å². The van der Waals surface area contributed by atoms with Crippen molar-refractivity contribution in [1.82, 2.24) is 9.97 Å². The molecule has 0 fully saturated rings. The first kappa shape index (κ1) is 33.0. The van der Waals surface area contributed by atoms with Crippen molar-refractivity contribution in [3.8, 4) is 17.5 Å². The number of carboxylic acids is 1. The molecule has 0 bridgehead atoms. The zero-order valence-electron chi connectivity index (χ0n) is 25.1. The number of rotatable bonds is 14. The number of hydrogen-bond acceptors (Lipinski definition) is 7. The highest BCUT2D eigenvalue weighted by Gasteiger charge is 2.48. The average Bonchev–Trinajstić information content (AvgIpc) is 2.98. The lowest BCUT2D eigenvalue weighted by Crippen LogP contribution is -2.50. The summed E-state index contributed by atoms with van der Waals surface area (Å²) in [7, 11) is 3.17. The van der Waals surface area contributed by atoms with Crippen LogP contribution in [0.15, 0.2) is 78.9 Å². The maximum absolute atomic E-state index is 12.8. The van der Waals surface area contributed by atoms with Crippen molar-refractivity contribution >= 4 is 5.97 Å². The van der Waals surface area contributed by atoms with Crippen LogP contribution in [0.25, 0.3) is 0 Å². The summed E-state index contributed by atoms with van der Waals surface area (Å²) < 4.78 is 23.4. The van der Waals surface area contributed by atoms with Gasteiger partial charge in [-0.2, -0.15) is 0 Å². The molecule has 0 amide bonds. The number of methoxy groups -OCH3 is 2. The first-order valence-electron chi connectivity index (χ1n) is 13.7. The van der Waals surface area contributed by atoms with Gasteiger partial charge in [0.2, 0.25) is 6.10 Å². The second-order valence-corrected chi connectivity index (χ2v) is 8.97. The minimum atomic E-state index is -1.44. The SMILES string of the molecule is C/C=C\C=C/CC(OCCc1ccc(OC)c(OC)c1)(c1ccccc1)C(Oc1nc(C)cc(C)n1)C(=O)O.CC. The Morgan fingerprint density at radius 1 is 0.951 bits per heavy atom. The van der Waals surface area contributed by atoms with Crippen LogP contribution in [-0.4, -0.2) is 48.0 Å². The molecule has 0 spiro atoms. The topological polar surface area (TPSA) is 100 Å². The van der Waals surface area contributed by atoms with E-state index in [1.807, 2.05) is 93.6 Å². The van der Waals surface area contributed by atoms with Crippen molar-refractivity contribution in [1.29, 1.82) is 0 Å². The Labute approximate surface area is 243 Å². The molecule has 1 heterocycles. The van der Waals surface area contributed by atoms with Gasteiger partial charge in [0.25, 0.3) is 0 Å². The fourth-order valence-corrected chi connectivity index (χ4v) is 4.33. The van der Waals surface area contributed by atoms with Gasteiger partial charge in [0.1, 0.15) is 5.60 Å². The number of carboxylic acid groups (broad SMARTS) is 1. The van der Waals surface area contributed by atoms with Gasteiger partial charge in [-0.05, 0) is 56.5 Å². The van der Waals surface area contributed by atoms with E-state index in [1.165, 1.54) is 0 Å². The van der Waals surface area contributed by atoms with E-state index in [9.17, 15) is 9.90 Å². The maximum Gasteiger partial charge on any atom is 0.348 e. The van der Waals surface area contributed by atoms with E-state index in [0.29, 0.717) is 34.9 Å². The summed E-state index contributed by atoms with van der Waals surface area (Å²) in [5, 5.41) is 10.5. The predicted octanol–water partition coefficient (Wildman–Crippen LogP) is 6.65. The summed E-state index contributed by atoms with van der Waals surface area (Å²) in [6.45, 7) is 9.74. The summed E-state index contributed by atoms with van der Waals surface area (Å²) in [6.07, 6.45) is 6.81. The van der Waals surface area contributed by atoms with Crippen LogP contribution in [0.4, 0.5) is 0 Å². The van der Waals surface area contributed by atoms with Crippen molar-refractivity contribution in [2.24, 2.45) is 0 Å². The molecule has 2 unspecified atom stereocenters. The van der Waals surface area contributed by atoms with E-state index in [1.54, 1.807) is 34.1 Å². The van der Waals surface area contributed by atoms with Gasteiger partial charge in [-0.3, -0.25) is 0 Å². The second kappa shape index (κ2) is 16.8. The van der Waals surface area contributed by atoms with Crippen molar-refractivity contribution < 1.29 is 28.8 Å². The van der Waals surface area contributed by atoms with E-state index in [-0.39, 0.29) is 19.0 Å². The molecule has 220 valence electrons. The van der Waals surface area contributed by atoms with Crippen LogP contribution in [0.5, 0.6) is 17.5 Å². The molecule has 8 heteroatoms. The number of carbonyl (C=O) groups is 1. The van der Waals surface area contributed by atoms with Gasteiger partial charge in [0, 0.05) is 17.8 Å². The van der Waals surface area contributed by atoms with Crippen LogP contribution in [0.3, 0.4) is 0 Å². The van der Waals surface area contributed by atoms with Crippen LogP contribution < -0.4 is 14.2 Å². The van der Waals surface area contributed by atoms with Crippen molar-refractivity contribution in [2.75, 3.05) is 20.8 Å². The third-order valence-corrected chi connectivity index (χ3v) is 6.15. The van der Waals surface area contributed by atoms with Gasteiger partial charge in [-0.25, -0.2) is 14.8 Å². The Balaban J connectivity index is 0.00000287. The zero-order valence-corrected chi connectivity index (χ0v) is 25.1. The molecule has 0 aliphatic rings. The monoisotopic (exact) mass is 562 g/mol. The highest BCUT2D eigenvalue weighted by molar-refractivity contribution is 5.75. The van der Waals surface area contributed by atoms with E-state index >= 15 is 0 Å². The fourth-order valence-electron chi connectivity index (χ4n) is 4.33. The average molecular weight is 563 g/mol. The quantitative estimate of drug-likeness (QED) is 0.218. The number of aromatic nitrogens is 2. The summed E-state index contributed by atoms with van der Waals surface area (Å²) >= 11 is 0. The highest BCUT2D eigenvalue weighted by Crippen LogP contribution is 2.37. The fraction of sp³-hybridized carbons (Fsp3) is 0.364. The molecule has 0 aliphatic carbocycles. The van der Waals surface area contributed by atoms with E-state index in [4.69, 9.17) is 18.9 Å². The molecule has 1 aromatic heterocycles. The molecular formula is C33H42N2O6. The molecule has 1 N–H and O–H groups in total. The lowest BCUT2D eigenvalue weighted by atomic mass is 9.84. The minimum Gasteiger partial charge on any atom is -0.493 e. The normalized spacial score (nSPS) is 13.2. The van der Waals surface area contributed by atoms with Gasteiger partial charge in [0.05, 0.1) is 20.8 Å². The zero-order chi connectivity index (χ0) is 30.3. The van der Waals surface area contributed by atoms with Gasteiger partial charge in [0.15, 0.2) is 11.5 Å². The standard InChI is InChI=1S/C31H36N2O6.C2H6/c1-6-7-8-12-18-31(25-13-10-9-11-14-25,28(29(34)35)39-30-32-22(2)20-23(3)33-30)38-19-17-24-15-16-26(36-4)27(21-24)37-5;1-2/h6-16,20-21,28H,17-19H2,1-5H3,(H,34,35);1-2H3/b7-6-,12-8-;. The molecule has 0 radical (unpaired) electrons. The van der Waals surface area contributed by atoms with E-state index in [0.717, 1.165) is 5.56 Å². The molecule has 8 nitrogen and oxygen atoms in total. The van der Waals surface area contributed by atoms with Gasteiger partial charge in [-0.15, -0.1) is 0 Å². The molecule has 3 rings (SSSR count). The Morgan fingerprint density at radius 2 is 1.61 bits per heavy atom. The molecule has 0 saturated heterocycles. The molecule has 3 aromatic rings. The third-order valence-electron chi connectivity index (χ3n) is 6.15. The van der Waals surface area contributed by atoms with Crippen LogP contribution in [0, 0.1) is 13.8 Å². The summed E-state index contributed by atoms with van der Waals surface area (Å²) in [6, 6.07) is 16.7. The Morgan fingerprint density at radius 3 is 2.20 bits per heavy atom. The number of hydrogen-bond donors (Lipinski definition) is 1. The summed E-state index contributed by atoms with van der Waals surface area (Å²) in [5.74, 6) is 0.0483. The Hall–Kier alpha value is -4.17. The lowest BCUT2D eigenvalue weighted by molar-refractivity contribution is -0.171. The van der Waals surface area contributed by atoms with Gasteiger partial charge in [-0.1, -0.05) is 74.5 Å². The van der Waals surface area contributed by atoms with E-state index in [2.05, 4.69) is 9.97 Å². The number of aryl methyl sites for hydroxylation is 2. The Kier molecular flexibility index (Phi) is 13.6. The first-order chi connectivity index (χ1) is 19.8. The minimum absolute atomic E-state index is 0.0128. The maximum atomic E-state index is 12.8. The number of nitrogens with zero attached hydrogens (tertiary/aromatic N) is 2. The third kappa shape index (κ3) is 9.18. The number of aliphatic carboxylic acids is 1. The van der Waals surface area contributed by atoms with Crippen LogP contribution >= 0.6 is 0 Å². The van der Waals surface area contributed by atoms with Crippen LogP contribution in [0.2, 0.25) is 0 Å². The Bertz CT molecular complexity index is 1270. The van der Waals surface area contributed by atoms with Crippen molar-refractivity contribution in [3.63, 3.8) is 0 Å². The lowest BCUT2D eigenvalue weighted by Gasteiger charge is -2.38. The van der Waals surface area contributed by atoms with Crippen molar-refractivity contribution in [3.05, 3.63) is 101 Å². The predicted molar refractivity (Wildman–Crippen MR) is 161 cm³/mol. The van der Waals surface area contributed by atoms with Gasteiger partial charge < -0.3 is 24.1 Å². The smallest absolute Gasteiger partial charge is 0.348 e. The number of allylic oxidation sites excluding steroid dienone is 3. The summed E-state index contributed by atoms with van der Waals surface area (Å²) in [4.78, 5) is 21.5. The molecule has 0 aliphatic heterocycles. The molecular weight excluding hydrogens is 520 g/mol. The largest absolute Gasteiger partial charge is 0.493 e. The second-order valence-electron chi connectivity index (χ2n) is 8.97. The summed E-state index contributed by atoms with van der Waals surface area (Å²) in [5.41, 5.74) is 1.58. The van der Waals surface area contributed by atoms with Crippen molar-refractivity contribution in [2.45, 2.75) is 59.2 Å². The molecule has 2 aromatic carbocycles. The van der Waals surface area contributed by atoms with E-state index < -0.39 is 17.7 Å². The number of benzene rings is 2. The molecule has 2 atom stereocenters. The number of ether oxygens (including phenoxy) is 4. The first-order valence-corrected chi connectivity index (χ1v) is 13.7. The highest BCUT2D eigenvalue weighted by atomic mass is 16.6. The van der Waals surface area contributed by atoms with Crippen LogP contribution in [0.1, 0.15) is 49.7 Å². The molecule has 0 saturated carbocycles. The van der Waals surface area contributed by atoms with Gasteiger partial charge >= 0.3 is 12.0 Å². The molecule has 41 heavy (non-hydrogen) atoms.